The van der Waals surface area contributed by atoms with Crippen molar-refractivity contribution in [1.82, 2.24) is 5.32 Å². The van der Waals surface area contributed by atoms with Crippen LogP contribution in [0.5, 0.6) is 0 Å². The van der Waals surface area contributed by atoms with Crippen LogP contribution in [0.25, 0.3) is 0 Å². The Morgan fingerprint density at radius 3 is 2.14 bits per heavy atom. The van der Waals surface area contributed by atoms with E-state index in [4.69, 9.17) is 9.16 Å². The number of carbonyl (C=O) groups is 2. The fraction of sp³-hybridized carbons (Fsp3) is 0.867. The van der Waals surface area contributed by atoms with Crippen LogP contribution < -0.4 is 5.32 Å². The normalized spacial score (nSPS) is 26.6. The minimum Gasteiger partial charge on any atom is -0.469 e. The zero-order valence-electron chi connectivity index (χ0n) is 14.4. The van der Waals surface area contributed by atoms with Gasteiger partial charge in [0, 0.05) is 0 Å². The maximum Gasteiger partial charge on any atom is 0.310 e. The van der Waals surface area contributed by atoms with Crippen molar-refractivity contribution in [2.24, 2.45) is 17.3 Å². The molecule has 0 saturated carbocycles. The van der Waals surface area contributed by atoms with Crippen molar-refractivity contribution in [2.45, 2.75) is 59.4 Å². The SMILES string of the molecule is COC(=O)C(C)C1NC(=O)C1C(C)(O[SiH](C)C)C(C)(C)C. The first-order valence-electron chi connectivity index (χ1n) is 7.51. The summed E-state index contributed by atoms with van der Waals surface area (Å²) in [7, 11) is 0.0244. The lowest BCUT2D eigenvalue weighted by Crippen LogP contribution is -2.72. The molecule has 4 unspecified atom stereocenters. The Morgan fingerprint density at radius 1 is 1.29 bits per heavy atom. The summed E-state index contributed by atoms with van der Waals surface area (Å²) in [6.07, 6.45) is 0. The van der Waals surface area contributed by atoms with Crippen molar-refractivity contribution < 1.29 is 18.8 Å². The van der Waals surface area contributed by atoms with Crippen LogP contribution in [-0.2, 0) is 18.8 Å². The van der Waals surface area contributed by atoms with Crippen molar-refractivity contribution in [2.75, 3.05) is 7.11 Å². The van der Waals surface area contributed by atoms with Crippen molar-refractivity contribution in [1.29, 1.82) is 0 Å². The van der Waals surface area contributed by atoms with Crippen LogP contribution in [0.3, 0.4) is 0 Å². The quantitative estimate of drug-likeness (QED) is 0.476. The van der Waals surface area contributed by atoms with E-state index in [0.717, 1.165) is 0 Å². The molecule has 5 nitrogen and oxygen atoms in total. The predicted octanol–water partition coefficient (Wildman–Crippen LogP) is 1.71. The van der Waals surface area contributed by atoms with Gasteiger partial charge in [0.2, 0.25) is 5.91 Å². The van der Waals surface area contributed by atoms with E-state index in [1.165, 1.54) is 7.11 Å². The largest absolute Gasteiger partial charge is 0.469 e. The van der Waals surface area contributed by atoms with Gasteiger partial charge in [-0.2, -0.15) is 0 Å². The van der Waals surface area contributed by atoms with Crippen molar-refractivity contribution in [3.8, 4) is 0 Å². The molecule has 1 rings (SSSR count). The summed E-state index contributed by atoms with van der Waals surface area (Å²) < 4.78 is 11.1. The smallest absolute Gasteiger partial charge is 0.310 e. The Kier molecular flexibility index (Phi) is 5.26. The highest BCUT2D eigenvalue weighted by Gasteiger charge is 2.59. The fourth-order valence-corrected chi connectivity index (χ4v) is 4.43. The summed E-state index contributed by atoms with van der Waals surface area (Å²) in [6.45, 7) is 14.2. The molecule has 1 aliphatic heterocycles. The summed E-state index contributed by atoms with van der Waals surface area (Å²) in [6, 6.07) is -0.234. The number of hydrogen-bond acceptors (Lipinski definition) is 4. The second-order valence-electron chi connectivity index (χ2n) is 7.35. The predicted molar refractivity (Wildman–Crippen MR) is 84.4 cm³/mol. The lowest BCUT2D eigenvalue weighted by Gasteiger charge is -2.55. The minimum absolute atomic E-state index is 0.0390. The molecule has 21 heavy (non-hydrogen) atoms. The third-order valence-electron chi connectivity index (χ3n) is 4.63. The molecule has 1 heterocycles. The van der Waals surface area contributed by atoms with Gasteiger partial charge in [-0.05, 0) is 32.4 Å². The van der Waals surface area contributed by atoms with Gasteiger partial charge in [-0.15, -0.1) is 0 Å². The topological polar surface area (TPSA) is 64.6 Å². The van der Waals surface area contributed by atoms with E-state index >= 15 is 0 Å². The highest BCUT2D eigenvalue weighted by Crippen LogP contribution is 2.46. The van der Waals surface area contributed by atoms with E-state index in [1.807, 2.05) is 6.92 Å². The summed E-state index contributed by atoms with van der Waals surface area (Å²) >= 11 is 0. The van der Waals surface area contributed by atoms with Gasteiger partial charge in [0.25, 0.3) is 0 Å². The number of nitrogens with one attached hydrogen (secondary N) is 1. The van der Waals surface area contributed by atoms with Crippen LogP contribution in [0.4, 0.5) is 0 Å². The molecule has 0 spiro atoms. The van der Waals surface area contributed by atoms with Crippen LogP contribution in [0, 0.1) is 17.3 Å². The first-order chi connectivity index (χ1) is 9.45. The van der Waals surface area contributed by atoms with Crippen molar-refractivity contribution in [3.63, 3.8) is 0 Å². The second kappa shape index (κ2) is 6.08. The van der Waals surface area contributed by atoms with E-state index in [-0.39, 0.29) is 35.2 Å². The van der Waals surface area contributed by atoms with Gasteiger partial charge in [-0.25, -0.2) is 0 Å². The lowest BCUT2D eigenvalue weighted by molar-refractivity contribution is -0.167. The van der Waals surface area contributed by atoms with E-state index in [0.29, 0.717) is 0 Å². The second-order valence-corrected chi connectivity index (χ2v) is 9.68. The van der Waals surface area contributed by atoms with Crippen LogP contribution in [0.2, 0.25) is 13.1 Å². The van der Waals surface area contributed by atoms with Gasteiger partial charge >= 0.3 is 5.97 Å². The standard InChI is InChI=1S/C15H29NO4Si/c1-9(13(18)19-6)11-10(12(17)16-11)15(5,14(2,3)4)20-21(7)8/h9-11,21H,1-8H3,(H,16,17). The Balaban J connectivity index is 3.11. The Hall–Kier alpha value is -0.883. The summed E-state index contributed by atoms with van der Waals surface area (Å²) in [4.78, 5) is 24.0. The van der Waals surface area contributed by atoms with Crippen LogP contribution in [0.15, 0.2) is 0 Å². The highest BCUT2D eigenvalue weighted by molar-refractivity contribution is 6.48. The molecule has 1 aliphatic rings. The van der Waals surface area contributed by atoms with Crippen LogP contribution >= 0.6 is 0 Å². The Morgan fingerprint density at radius 2 is 1.81 bits per heavy atom. The zero-order valence-corrected chi connectivity index (χ0v) is 15.6. The van der Waals surface area contributed by atoms with Gasteiger partial charge < -0.3 is 14.5 Å². The van der Waals surface area contributed by atoms with Crippen molar-refractivity contribution in [3.05, 3.63) is 0 Å². The molecule has 4 atom stereocenters. The lowest BCUT2D eigenvalue weighted by atomic mass is 9.62. The molecule has 122 valence electrons. The maximum absolute atomic E-state index is 12.2. The number of ether oxygens (including phenoxy) is 1. The number of rotatable bonds is 5. The molecule has 1 saturated heterocycles. The third kappa shape index (κ3) is 3.31. The summed E-state index contributed by atoms with van der Waals surface area (Å²) in [5.41, 5.74) is -0.802. The average Bonchev–Trinajstić information content (AvgIpc) is 2.31. The van der Waals surface area contributed by atoms with E-state index < -0.39 is 14.6 Å². The van der Waals surface area contributed by atoms with Gasteiger partial charge in [0.1, 0.15) is 0 Å². The molecule has 1 fully saturated rings. The Bertz CT molecular complexity index is 418. The molecule has 0 aromatic heterocycles. The number of esters is 1. The molecule has 0 aromatic carbocycles. The molecule has 0 radical (unpaired) electrons. The molecule has 6 heteroatoms. The van der Waals surface area contributed by atoms with Crippen LogP contribution in [-0.4, -0.2) is 39.7 Å². The average molecular weight is 315 g/mol. The van der Waals surface area contributed by atoms with E-state index in [9.17, 15) is 9.59 Å². The van der Waals surface area contributed by atoms with E-state index in [2.05, 4.69) is 39.2 Å². The number of amides is 1. The molecule has 1 amide bonds. The Labute approximate surface area is 129 Å². The number of β-lactam (4-membered cyclic amide) rings is 1. The molecule has 0 bridgehead atoms. The molecule has 0 aromatic rings. The number of hydrogen-bond donors (Lipinski definition) is 1. The van der Waals surface area contributed by atoms with Gasteiger partial charge in [0.15, 0.2) is 9.04 Å². The van der Waals surface area contributed by atoms with Crippen molar-refractivity contribution >= 4 is 20.9 Å². The molecular formula is C15H29NO4Si. The fourth-order valence-electron chi connectivity index (χ4n) is 2.95. The number of methoxy groups -OCH3 is 1. The number of carbonyl (C=O) groups excluding carboxylic acids is 2. The monoisotopic (exact) mass is 315 g/mol. The molecule has 1 N–H and O–H groups in total. The minimum atomic E-state index is -1.35. The zero-order chi connectivity index (χ0) is 16.6. The van der Waals surface area contributed by atoms with Gasteiger partial charge in [-0.1, -0.05) is 20.8 Å². The first kappa shape index (κ1) is 18.2. The first-order valence-corrected chi connectivity index (χ1v) is 10.3. The molecule has 0 aliphatic carbocycles. The highest BCUT2D eigenvalue weighted by atomic mass is 28.3. The van der Waals surface area contributed by atoms with E-state index in [1.54, 1.807) is 6.92 Å². The van der Waals surface area contributed by atoms with Crippen LogP contribution in [0.1, 0.15) is 34.6 Å². The van der Waals surface area contributed by atoms with Gasteiger partial charge in [-0.3, -0.25) is 9.59 Å². The summed E-state index contributed by atoms with van der Waals surface area (Å²) in [5.74, 6) is -1.05. The third-order valence-corrected chi connectivity index (χ3v) is 5.59. The van der Waals surface area contributed by atoms with Gasteiger partial charge in [0.05, 0.1) is 30.6 Å². The summed E-state index contributed by atoms with van der Waals surface area (Å²) in [5, 5.41) is 2.85. The molecular weight excluding hydrogens is 286 g/mol. The maximum atomic E-state index is 12.2.